The Morgan fingerprint density at radius 3 is 2.76 bits per heavy atom. The predicted octanol–water partition coefficient (Wildman–Crippen LogP) is 2.38. The van der Waals surface area contributed by atoms with E-state index in [0.717, 1.165) is 15.7 Å². The van der Waals surface area contributed by atoms with Gasteiger partial charge in [0.2, 0.25) is 11.9 Å². The molecule has 3 heterocycles. The minimum absolute atomic E-state index is 0.0614. The molecule has 130 valence electrons. The normalized spacial score (nSPS) is 14.3. The van der Waals surface area contributed by atoms with Crippen molar-refractivity contribution in [1.29, 1.82) is 0 Å². The molecule has 0 saturated heterocycles. The molecule has 3 aromatic rings. The third-order valence-corrected chi connectivity index (χ3v) is 4.09. The zero-order chi connectivity index (χ0) is 17.6. The molecular formula is C16H14F3N5O. The van der Waals surface area contributed by atoms with Crippen LogP contribution in [-0.2, 0) is 24.3 Å². The summed E-state index contributed by atoms with van der Waals surface area (Å²) in [5.41, 5.74) is 2.08. The van der Waals surface area contributed by atoms with Crippen molar-refractivity contribution in [3.8, 4) is 0 Å². The van der Waals surface area contributed by atoms with Gasteiger partial charge in [0.05, 0.1) is 23.1 Å². The number of nitrogens with zero attached hydrogens (tertiary/aromatic N) is 5. The molecule has 1 aliphatic rings. The van der Waals surface area contributed by atoms with E-state index >= 15 is 0 Å². The molecule has 1 aromatic carbocycles. The number of aromatic nitrogens is 4. The summed E-state index contributed by atoms with van der Waals surface area (Å²) in [5, 5.41) is 3.83. The lowest BCUT2D eigenvalue weighted by atomic mass is 10.3. The van der Waals surface area contributed by atoms with Crippen molar-refractivity contribution in [2.45, 2.75) is 25.7 Å². The van der Waals surface area contributed by atoms with Gasteiger partial charge >= 0.3 is 6.18 Å². The van der Waals surface area contributed by atoms with Crippen LogP contribution in [-0.4, -0.2) is 38.0 Å². The summed E-state index contributed by atoms with van der Waals surface area (Å²) in [4.78, 5) is 18.6. The first-order valence-electron chi connectivity index (χ1n) is 7.75. The van der Waals surface area contributed by atoms with Gasteiger partial charge in [-0.2, -0.15) is 18.3 Å². The summed E-state index contributed by atoms with van der Waals surface area (Å²) >= 11 is 0. The van der Waals surface area contributed by atoms with Gasteiger partial charge in [0.25, 0.3) is 0 Å². The number of fused-ring (bicyclic) bond motifs is 3. The number of anilines is 1. The molecule has 0 bridgehead atoms. The van der Waals surface area contributed by atoms with Gasteiger partial charge in [-0.05, 0) is 18.2 Å². The molecule has 1 amide bonds. The summed E-state index contributed by atoms with van der Waals surface area (Å²) in [6, 6.07) is 9.04. The highest BCUT2D eigenvalue weighted by molar-refractivity contribution is 5.95. The van der Waals surface area contributed by atoms with Crippen LogP contribution in [0.5, 0.6) is 0 Å². The van der Waals surface area contributed by atoms with E-state index in [-0.39, 0.29) is 12.3 Å². The van der Waals surface area contributed by atoms with E-state index in [9.17, 15) is 18.0 Å². The van der Waals surface area contributed by atoms with E-state index < -0.39 is 12.7 Å². The van der Waals surface area contributed by atoms with Crippen LogP contribution in [0.3, 0.4) is 0 Å². The van der Waals surface area contributed by atoms with Gasteiger partial charge < -0.3 is 4.57 Å². The second-order valence-electron chi connectivity index (χ2n) is 5.89. The van der Waals surface area contributed by atoms with E-state index in [2.05, 4.69) is 10.1 Å². The standard InChI is InChI=1S/C16H14F3N5O/c17-16(18,19)10-22-6-5-11(21-22)9-14(25)24-8-7-23-13-4-2-1-3-12(13)20-15(23)24/h1-6H,7-10H2. The first-order chi connectivity index (χ1) is 11.9. The SMILES string of the molecule is O=C(Cc1ccn(CC(F)(F)F)n1)N1CCn2c1nc1ccccc12. The first-order valence-corrected chi connectivity index (χ1v) is 7.75. The molecule has 4 rings (SSSR count). The number of halogens is 3. The van der Waals surface area contributed by atoms with E-state index in [4.69, 9.17) is 0 Å². The first kappa shape index (κ1) is 15.7. The number of rotatable bonds is 3. The molecule has 0 spiro atoms. The summed E-state index contributed by atoms with van der Waals surface area (Å²) in [5.74, 6) is 0.340. The molecule has 0 N–H and O–H groups in total. The van der Waals surface area contributed by atoms with Gasteiger partial charge in [-0.15, -0.1) is 0 Å². The predicted molar refractivity (Wildman–Crippen MR) is 84.1 cm³/mol. The van der Waals surface area contributed by atoms with Crippen molar-refractivity contribution in [3.63, 3.8) is 0 Å². The van der Waals surface area contributed by atoms with Crippen molar-refractivity contribution >= 4 is 22.9 Å². The number of hydrogen-bond acceptors (Lipinski definition) is 3. The molecule has 2 aromatic heterocycles. The lowest BCUT2D eigenvalue weighted by molar-refractivity contribution is -0.142. The third kappa shape index (κ3) is 2.97. The molecular weight excluding hydrogens is 335 g/mol. The van der Waals surface area contributed by atoms with Gasteiger partial charge in [-0.1, -0.05) is 12.1 Å². The maximum Gasteiger partial charge on any atom is 0.408 e. The molecule has 0 unspecified atom stereocenters. The van der Waals surface area contributed by atoms with Crippen molar-refractivity contribution < 1.29 is 18.0 Å². The van der Waals surface area contributed by atoms with Crippen molar-refractivity contribution in [2.75, 3.05) is 11.4 Å². The van der Waals surface area contributed by atoms with E-state index in [1.165, 1.54) is 12.3 Å². The van der Waals surface area contributed by atoms with Gasteiger partial charge in [0, 0.05) is 19.3 Å². The minimum Gasteiger partial charge on any atom is -0.308 e. The van der Waals surface area contributed by atoms with Gasteiger partial charge in [0.15, 0.2) is 0 Å². The summed E-state index contributed by atoms with van der Waals surface area (Å²) in [6.07, 6.45) is -3.17. The quantitative estimate of drug-likeness (QED) is 0.730. The number of benzene rings is 1. The van der Waals surface area contributed by atoms with E-state index in [1.807, 2.05) is 28.8 Å². The Morgan fingerprint density at radius 1 is 1.16 bits per heavy atom. The fraction of sp³-hybridized carbons (Fsp3) is 0.312. The number of carbonyl (C=O) groups is 1. The number of hydrogen-bond donors (Lipinski definition) is 0. The Balaban J connectivity index is 1.52. The van der Waals surface area contributed by atoms with Crippen LogP contribution in [0.25, 0.3) is 11.0 Å². The molecule has 1 aliphatic heterocycles. The highest BCUT2D eigenvalue weighted by Crippen LogP contribution is 2.27. The number of imidazole rings is 1. The van der Waals surface area contributed by atoms with Crippen molar-refractivity contribution in [1.82, 2.24) is 19.3 Å². The molecule has 25 heavy (non-hydrogen) atoms. The Hall–Kier alpha value is -2.84. The molecule has 9 heteroatoms. The lowest BCUT2D eigenvalue weighted by Gasteiger charge is -2.12. The van der Waals surface area contributed by atoms with Crippen LogP contribution in [0, 0.1) is 0 Å². The lowest BCUT2D eigenvalue weighted by Crippen LogP contribution is -2.31. The van der Waals surface area contributed by atoms with Crippen LogP contribution in [0.15, 0.2) is 36.5 Å². The van der Waals surface area contributed by atoms with Crippen LogP contribution < -0.4 is 4.90 Å². The van der Waals surface area contributed by atoms with Gasteiger partial charge in [0.1, 0.15) is 6.54 Å². The maximum absolute atomic E-state index is 12.5. The van der Waals surface area contributed by atoms with E-state index in [1.54, 1.807) is 4.90 Å². The highest BCUT2D eigenvalue weighted by Gasteiger charge is 2.30. The monoisotopic (exact) mass is 349 g/mol. The largest absolute Gasteiger partial charge is 0.408 e. The van der Waals surface area contributed by atoms with Gasteiger partial charge in [-0.3, -0.25) is 14.4 Å². The Morgan fingerprint density at radius 2 is 1.96 bits per heavy atom. The minimum atomic E-state index is -4.34. The van der Waals surface area contributed by atoms with Crippen molar-refractivity contribution in [3.05, 3.63) is 42.2 Å². The molecule has 0 atom stereocenters. The smallest absolute Gasteiger partial charge is 0.308 e. The number of carbonyl (C=O) groups excluding carboxylic acids is 1. The molecule has 0 fully saturated rings. The van der Waals surface area contributed by atoms with E-state index in [0.29, 0.717) is 24.7 Å². The Kier molecular flexibility index (Phi) is 3.52. The molecule has 0 saturated carbocycles. The Bertz CT molecular complexity index is 943. The summed E-state index contributed by atoms with van der Waals surface area (Å²) in [6.45, 7) is -0.0277. The molecule has 0 radical (unpaired) electrons. The fourth-order valence-corrected chi connectivity index (χ4v) is 3.05. The number of alkyl halides is 3. The van der Waals surface area contributed by atoms with Crippen LogP contribution in [0.4, 0.5) is 19.1 Å². The second-order valence-corrected chi connectivity index (χ2v) is 5.89. The molecule has 6 nitrogen and oxygen atoms in total. The average molecular weight is 349 g/mol. The second kappa shape index (κ2) is 5.61. The molecule has 0 aliphatic carbocycles. The van der Waals surface area contributed by atoms with Crippen LogP contribution in [0.2, 0.25) is 0 Å². The zero-order valence-corrected chi connectivity index (χ0v) is 13.1. The van der Waals surface area contributed by atoms with Gasteiger partial charge in [-0.25, -0.2) is 4.98 Å². The van der Waals surface area contributed by atoms with Crippen molar-refractivity contribution in [2.24, 2.45) is 0 Å². The maximum atomic E-state index is 12.5. The average Bonchev–Trinajstić information content (AvgIpc) is 3.20. The topological polar surface area (TPSA) is 56.0 Å². The van der Waals surface area contributed by atoms with Crippen LogP contribution >= 0.6 is 0 Å². The fourth-order valence-electron chi connectivity index (χ4n) is 3.05. The number of para-hydroxylation sites is 2. The summed E-state index contributed by atoms with van der Waals surface area (Å²) < 4.78 is 39.9. The highest BCUT2D eigenvalue weighted by atomic mass is 19.4. The zero-order valence-electron chi connectivity index (χ0n) is 13.1. The van der Waals surface area contributed by atoms with Crippen LogP contribution in [0.1, 0.15) is 5.69 Å². The third-order valence-electron chi connectivity index (χ3n) is 4.09. The Labute approximate surface area is 140 Å². The number of amides is 1. The summed E-state index contributed by atoms with van der Waals surface area (Å²) in [7, 11) is 0.